The molecule has 3 rings (SSSR count). The van der Waals surface area contributed by atoms with E-state index in [2.05, 4.69) is 10.2 Å². The Hall–Kier alpha value is -1.71. The highest BCUT2D eigenvalue weighted by atomic mass is 32.2. The van der Waals surface area contributed by atoms with Gasteiger partial charge in [0.05, 0.1) is 14.2 Å². The Labute approximate surface area is 151 Å². The normalized spacial score (nSPS) is 18.9. The van der Waals surface area contributed by atoms with Crippen molar-refractivity contribution in [2.75, 3.05) is 27.3 Å². The molecule has 136 valence electrons. The number of ether oxygens (including phenoxy) is 2. The van der Waals surface area contributed by atoms with Gasteiger partial charge in [-0.1, -0.05) is 0 Å². The first kappa shape index (κ1) is 18.1. The molecule has 1 unspecified atom stereocenters. The third-order valence-electron chi connectivity index (χ3n) is 4.26. The van der Waals surface area contributed by atoms with Gasteiger partial charge in [0.2, 0.25) is 10.0 Å². The molecule has 0 saturated carbocycles. The number of nitrogens with zero attached hydrogens (tertiary/aromatic N) is 3. The van der Waals surface area contributed by atoms with Gasteiger partial charge in [-0.25, -0.2) is 8.42 Å². The fraction of sp³-hybridized carbons (Fsp3) is 0.500. The predicted octanol–water partition coefficient (Wildman–Crippen LogP) is 2.43. The number of hydrogen-bond donors (Lipinski definition) is 0. The van der Waals surface area contributed by atoms with Gasteiger partial charge in [0, 0.05) is 25.1 Å². The highest BCUT2D eigenvalue weighted by Crippen LogP contribution is 2.35. The molecular formula is C16H21N3O4S2. The summed E-state index contributed by atoms with van der Waals surface area (Å²) in [4.78, 5) is 0.128. The number of sulfonamides is 1. The summed E-state index contributed by atoms with van der Waals surface area (Å²) in [7, 11) is -0.718. The van der Waals surface area contributed by atoms with E-state index in [4.69, 9.17) is 9.47 Å². The lowest BCUT2D eigenvalue weighted by Crippen LogP contribution is -2.39. The molecule has 2 aromatic rings. The molecule has 7 nitrogen and oxygen atoms in total. The van der Waals surface area contributed by atoms with Gasteiger partial charge >= 0.3 is 0 Å². The van der Waals surface area contributed by atoms with Crippen molar-refractivity contribution in [2.24, 2.45) is 0 Å². The van der Waals surface area contributed by atoms with Crippen molar-refractivity contribution in [3.05, 3.63) is 28.2 Å². The van der Waals surface area contributed by atoms with Crippen LogP contribution in [-0.2, 0) is 10.0 Å². The molecule has 1 aliphatic heterocycles. The van der Waals surface area contributed by atoms with Crippen LogP contribution in [0.4, 0.5) is 0 Å². The van der Waals surface area contributed by atoms with Crippen LogP contribution in [0.1, 0.15) is 28.8 Å². The van der Waals surface area contributed by atoms with Crippen molar-refractivity contribution in [1.82, 2.24) is 14.5 Å². The number of aromatic nitrogens is 2. The van der Waals surface area contributed by atoms with Crippen LogP contribution in [0.25, 0.3) is 0 Å². The predicted molar refractivity (Wildman–Crippen MR) is 94.9 cm³/mol. The summed E-state index contributed by atoms with van der Waals surface area (Å²) in [6.45, 7) is 2.79. The van der Waals surface area contributed by atoms with E-state index in [0.717, 1.165) is 22.9 Å². The Morgan fingerprint density at radius 2 is 2.04 bits per heavy atom. The lowest BCUT2D eigenvalue weighted by Gasteiger charge is -2.31. The van der Waals surface area contributed by atoms with Crippen LogP contribution >= 0.6 is 11.3 Å². The minimum absolute atomic E-state index is 0.0753. The quantitative estimate of drug-likeness (QED) is 0.789. The van der Waals surface area contributed by atoms with Crippen LogP contribution in [0, 0.1) is 6.92 Å². The topological polar surface area (TPSA) is 81.6 Å². The standard InChI is InChI=1S/C16H21N3O4S2/c1-11-17-18-16(24-11)12-5-4-8-19(10-12)25(20,21)15-9-13(22-2)6-7-14(15)23-3/h6-7,9,12H,4-5,8,10H2,1-3H3. The summed E-state index contributed by atoms with van der Waals surface area (Å²) in [5.41, 5.74) is 0. The second-order valence-electron chi connectivity index (χ2n) is 5.88. The number of benzene rings is 1. The zero-order valence-electron chi connectivity index (χ0n) is 14.4. The molecule has 0 amide bonds. The van der Waals surface area contributed by atoms with Gasteiger partial charge in [-0.3, -0.25) is 0 Å². The maximum atomic E-state index is 13.2. The SMILES string of the molecule is COc1ccc(OC)c(S(=O)(=O)N2CCCC(c3nnc(C)s3)C2)c1. The van der Waals surface area contributed by atoms with Crippen LogP contribution in [0.15, 0.2) is 23.1 Å². The average molecular weight is 383 g/mol. The minimum atomic E-state index is -3.69. The first-order chi connectivity index (χ1) is 12.0. The second-order valence-corrected chi connectivity index (χ2v) is 9.00. The summed E-state index contributed by atoms with van der Waals surface area (Å²) in [6.07, 6.45) is 1.70. The molecule has 1 atom stereocenters. The van der Waals surface area contributed by atoms with E-state index < -0.39 is 10.0 Å². The lowest BCUT2D eigenvalue weighted by atomic mass is 10.0. The lowest BCUT2D eigenvalue weighted by molar-refractivity contribution is 0.312. The van der Waals surface area contributed by atoms with E-state index in [1.807, 2.05) is 6.92 Å². The third kappa shape index (κ3) is 3.63. The zero-order valence-corrected chi connectivity index (χ0v) is 16.1. The minimum Gasteiger partial charge on any atom is -0.497 e. The van der Waals surface area contributed by atoms with Crippen molar-refractivity contribution in [3.63, 3.8) is 0 Å². The van der Waals surface area contributed by atoms with Crippen LogP contribution < -0.4 is 9.47 Å². The third-order valence-corrected chi connectivity index (χ3v) is 7.15. The van der Waals surface area contributed by atoms with Gasteiger partial charge < -0.3 is 9.47 Å². The van der Waals surface area contributed by atoms with E-state index in [9.17, 15) is 8.42 Å². The summed E-state index contributed by atoms with van der Waals surface area (Å²) in [5.74, 6) is 0.869. The van der Waals surface area contributed by atoms with E-state index in [1.165, 1.54) is 35.9 Å². The maximum Gasteiger partial charge on any atom is 0.246 e. The van der Waals surface area contributed by atoms with Gasteiger partial charge in [-0.2, -0.15) is 4.31 Å². The second kappa shape index (κ2) is 7.27. The highest BCUT2D eigenvalue weighted by molar-refractivity contribution is 7.89. The molecule has 9 heteroatoms. The molecule has 0 radical (unpaired) electrons. The highest BCUT2D eigenvalue weighted by Gasteiger charge is 2.34. The van der Waals surface area contributed by atoms with Gasteiger partial charge in [0.1, 0.15) is 26.4 Å². The van der Waals surface area contributed by atoms with Crippen molar-refractivity contribution < 1.29 is 17.9 Å². The molecule has 0 N–H and O–H groups in total. The fourth-order valence-electron chi connectivity index (χ4n) is 2.96. The number of aryl methyl sites for hydroxylation is 1. The number of hydrogen-bond acceptors (Lipinski definition) is 7. The molecule has 1 aromatic heterocycles. The summed E-state index contributed by atoms with van der Waals surface area (Å²) < 4.78 is 38.3. The Balaban J connectivity index is 1.91. The largest absolute Gasteiger partial charge is 0.497 e. The molecule has 1 saturated heterocycles. The molecular weight excluding hydrogens is 362 g/mol. The number of rotatable bonds is 5. The molecule has 0 spiro atoms. The first-order valence-electron chi connectivity index (χ1n) is 7.98. The number of methoxy groups -OCH3 is 2. The molecule has 0 aliphatic carbocycles. The summed E-state index contributed by atoms with van der Waals surface area (Å²) in [5, 5.41) is 10.0. The van der Waals surface area contributed by atoms with E-state index >= 15 is 0 Å². The van der Waals surface area contributed by atoms with Crippen molar-refractivity contribution >= 4 is 21.4 Å². The van der Waals surface area contributed by atoms with E-state index in [1.54, 1.807) is 12.1 Å². The molecule has 2 heterocycles. The van der Waals surface area contributed by atoms with Crippen LogP contribution in [-0.4, -0.2) is 50.2 Å². The van der Waals surface area contributed by atoms with E-state index in [0.29, 0.717) is 24.6 Å². The monoisotopic (exact) mass is 383 g/mol. The smallest absolute Gasteiger partial charge is 0.246 e. The number of piperidine rings is 1. The van der Waals surface area contributed by atoms with Gasteiger partial charge in [0.25, 0.3) is 0 Å². The van der Waals surface area contributed by atoms with Crippen LogP contribution in [0.3, 0.4) is 0 Å². The van der Waals surface area contributed by atoms with Crippen molar-refractivity contribution in [1.29, 1.82) is 0 Å². The van der Waals surface area contributed by atoms with Crippen molar-refractivity contribution in [3.8, 4) is 11.5 Å². The van der Waals surface area contributed by atoms with E-state index in [-0.39, 0.29) is 10.8 Å². The van der Waals surface area contributed by atoms with Crippen LogP contribution in [0.2, 0.25) is 0 Å². The van der Waals surface area contributed by atoms with Gasteiger partial charge in [-0.15, -0.1) is 21.5 Å². The van der Waals surface area contributed by atoms with Crippen molar-refractivity contribution in [2.45, 2.75) is 30.6 Å². The summed E-state index contributed by atoms with van der Waals surface area (Å²) in [6, 6.07) is 4.80. The van der Waals surface area contributed by atoms with Gasteiger partial charge in [-0.05, 0) is 31.9 Å². The molecule has 1 aromatic carbocycles. The Morgan fingerprint density at radius 1 is 1.24 bits per heavy atom. The maximum absolute atomic E-state index is 13.2. The zero-order chi connectivity index (χ0) is 18.0. The molecule has 25 heavy (non-hydrogen) atoms. The molecule has 0 bridgehead atoms. The Morgan fingerprint density at radius 3 is 2.68 bits per heavy atom. The average Bonchev–Trinajstić information content (AvgIpc) is 3.07. The summed E-state index contributed by atoms with van der Waals surface area (Å²) >= 11 is 1.53. The fourth-order valence-corrected chi connectivity index (χ4v) is 5.48. The Bertz CT molecular complexity index is 851. The van der Waals surface area contributed by atoms with Gasteiger partial charge in [0.15, 0.2) is 0 Å². The molecule has 1 aliphatic rings. The van der Waals surface area contributed by atoms with Crippen LogP contribution in [0.5, 0.6) is 11.5 Å². The molecule has 1 fully saturated rings. The Kier molecular flexibility index (Phi) is 5.26. The first-order valence-corrected chi connectivity index (χ1v) is 10.2.